The van der Waals surface area contributed by atoms with Gasteiger partial charge in [-0.05, 0) is 43.8 Å². The van der Waals surface area contributed by atoms with Crippen LogP contribution < -0.4 is 25.0 Å². The van der Waals surface area contributed by atoms with Gasteiger partial charge in [0.15, 0.2) is 0 Å². The van der Waals surface area contributed by atoms with Crippen LogP contribution >= 0.6 is 30.5 Å². The minimum atomic E-state index is -5.88. The number of rotatable bonds is 8. The van der Waals surface area contributed by atoms with Crippen molar-refractivity contribution in [2.75, 3.05) is 13.2 Å². The molecular weight excluding hydrogens is 566 g/mol. The Kier molecular flexibility index (Phi) is 8.10. The van der Waals surface area contributed by atoms with E-state index in [0.717, 1.165) is 6.07 Å². The predicted molar refractivity (Wildman–Crippen MR) is 122 cm³/mol. The molecule has 9 nitrogen and oxygen atoms in total. The molecule has 0 fully saturated rings. The Morgan fingerprint density at radius 1 is 1.31 bits per heavy atom. The molecule has 1 aromatic heterocycles. The molecule has 3 rings (SSSR count). The van der Waals surface area contributed by atoms with Gasteiger partial charge in [0.05, 0.1) is 32.7 Å². The first-order chi connectivity index (χ1) is 16.6. The largest absolute Gasteiger partial charge is 0.809 e. The van der Waals surface area contributed by atoms with Gasteiger partial charge in [0.2, 0.25) is 0 Å². The Bertz CT molecular complexity index is 1520. The predicted octanol–water partition coefficient (Wildman–Crippen LogP) is 2.27. The van der Waals surface area contributed by atoms with E-state index in [1.165, 1.54) is 25.1 Å². The fourth-order valence-electron chi connectivity index (χ4n) is 3.34. The quantitative estimate of drug-likeness (QED) is 0.384. The molecule has 36 heavy (non-hydrogen) atoms. The van der Waals surface area contributed by atoms with E-state index in [1.54, 1.807) is 4.72 Å². The van der Waals surface area contributed by atoms with Crippen LogP contribution in [0.4, 0.5) is 13.2 Å². The summed E-state index contributed by atoms with van der Waals surface area (Å²) in [6, 6.07) is 5.99. The highest BCUT2D eigenvalue weighted by molar-refractivity contribution is 7.92. The maximum atomic E-state index is 13.4. The molecule has 0 amide bonds. The van der Waals surface area contributed by atoms with Crippen molar-refractivity contribution in [3.63, 3.8) is 0 Å². The van der Waals surface area contributed by atoms with E-state index < -0.39 is 50.5 Å². The van der Waals surface area contributed by atoms with Crippen molar-refractivity contribution in [1.29, 1.82) is 5.26 Å². The summed E-state index contributed by atoms with van der Waals surface area (Å²) in [7, 11) is -10.6. The van der Waals surface area contributed by atoms with Gasteiger partial charge in [-0.25, -0.2) is 8.42 Å². The third-order valence-electron chi connectivity index (χ3n) is 4.95. The number of fused-ring (bicyclic) bond motifs is 1. The zero-order valence-electron chi connectivity index (χ0n) is 18.3. The molecule has 0 aliphatic rings. The van der Waals surface area contributed by atoms with Crippen molar-refractivity contribution in [3.8, 4) is 11.8 Å². The topological polar surface area (TPSA) is 170 Å². The Morgan fingerprint density at radius 3 is 2.53 bits per heavy atom. The molecule has 0 saturated heterocycles. The second kappa shape index (κ2) is 10.3. The molecule has 0 spiro atoms. The molecule has 1 atom stereocenters. The summed E-state index contributed by atoms with van der Waals surface area (Å²) < 4.78 is 85.5. The Balaban J connectivity index is 2.11. The lowest BCUT2D eigenvalue weighted by molar-refractivity contribution is -0.370. The number of nitrogens with one attached hydrogen (secondary N) is 1. The number of nitriles is 1. The minimum absolute atomic E-state index is 0.151. The van der Waals surface area contributed by atoms with Crippen LogP contribution in [-0.2, 0) is 20.8 Å². The van der Waals surface area contributed by atoms with Crippen LogP contribution in [-0.4, -0.2) is 21.6 Å². The van der Waals surface area contributed by atoms with Crippen LogP contribution in [0.25, 0.3) is 10.1 Å². The van der Waals surface area contributed by atoms with Crippen molar-refractivity contribution in [1.82, 2.24) is 4.72 Å². The van der Waals surface area contributed by atoms with Gasteiger partial charge in [0, 0.05) is 11.5 Å². The maximum absolute atomic E-state index is 13.4. The summed E-state index contributed by atoms with van der Waals surface area (Å²) in [6.07, 6.45) is -5.06. The van der Waals surface area contributed by atoms with Crippen LogP contribution in [0.1, 0.15) is 28.0 Å². The second-order valence-corrected chi connectivity index (χ2v) is 12.4. The minimum Gasteiger partial charge on any atom is -0.809 e. The number of quaternary nitrogens is 1. The highest BCUT2D eigenvalue weighted by atomic mass is 35.5. The van der Waals surface area contributed by atoms with E-state index in [1.807, 2.05) is 0 Å². The van der Waals surface area contributed by atoms with E-state index in [0.29, 0.717) is 39.8 Å². The third kappa shape index (κ3) is 5.85. The molecular formula is C20H17ClF3N3O6PS2-. The van der Waals surface area contributed by atoms with Crippen LogP contribution in [0.3, 0.4) is 0 Å². The first-order valence-electron chi connectivity index (χ1n) is 9.90. The number of hydrogen-bond acceptors (Lipinski definition) is 8. The van der Waals surface area contributed by atoms with E-state index in [4.69, 9.17) is 21.6 Å². The molecule has 0 aliphatic heterocycles. The van der Waals surface area contributed by atoms with Crippen LogP contribution in [0.15, 0.2) is 34.5 Å². The smallest absolute Gasteiger partial charge is 0.417 e. The van der Waals surface area contributed by atoms with Gasteiger partial charge in [0.1, 0.15) is 23.1 Å². The SMILES string of the molecule is Cc1c(S(=O)(=O)NC(c2ccc(C#N)c(C(F)(F)F)c2)P(=O)([O-])[O-])sc2c(Cl)cc(OCC[NH3+])cc12. The summed E-state index contributed by atoms with van der Waals surface area (Å²) in [5.74, 6) is -2.24. The van der Waals surface area contributed by atoms with Crippen LogP contribution in [0.5, 0.6) is 5.75 Å². The summed E-state index contributed by atoms with van der Waals surface area (Å²) in [4.78, 5) is 23.9. The number of nitrogens with zero attached hydrogens (tertiary/aromatic N) is 1. The molecule has 4 N–H and O–H groups in total. The summed E-state index contributed by atoms with van der Waals surface area (Å²) in [6.45, 7) is 2.15. The average Bonchev–Trinajstić information content (AvgIpc) is 3.12. The first kappa shape index (κ1) is 28.4. The number of alkyl halides is 3. The average molecular weight is 583 g/mol. The number of hydrogen-bond donors (Lipinski definition) is 2. The highest BCUT2D eigenvalue weighted by Crippen LogP contribution is 2.46. The molecule has 0 saturated carbocycles. The zero-order valence-corrected chi connectivity index (χ0v) is 21.5. The number of sulfonamides is 1. The summed E-state index contributed by atoms with van der Waals surface area (Å²) in [5.41, 5.74) is 0.668. The molecule has 1 unspecified atom stereocenters. The van der Waals surface area contributed by atoms with E-state index in [-0.39, 0.29) is 23.3 Å². The van der Waals surface area contributed by atoms with E-state index in [9.17, 15) is 35.9 Å². The molecule has 16 heteroatoms. The van der Waals surface area contributed by atoms with Gasteiger partial charge in [-0.2, -0.15) is 23.2 Å². The lowest BCUT2D eigenvalue weighted by Crippen LogP contribution is -2.52. The number of benzene rings is 2. The lowest BCUT2D eigenvalue weighted by Gasteiger charge is -2.38. The fraction of sp³-hybridized carbons (Fsp3) is 0.250. The van der Waals surface area contributed by atoms with Crippen molar-refractivity contribution < 1.29 is 46.4 Å². The third-order valence-corrected chi connectivity index (χ3v) is 9.98. The number of ether oxygens (including phenoxy) is 1. The normalized spacial score (nSPS) is 13.5. The molecule has 1 heterocycles. The van der Waals surface area contributed by atoms with Gasteiger partial charge >= 0.3 is 6.18 Å². The molecule has 2 aromatic carbocycles. The van der Waals surface area contributed by atoms with Gasteiger partial charge in [-0.15, -0.1) is 11.3 Å². The fourth-order valence-corrected chi connectivity index (χ4v) is 7.93. The maximum Gasteiger partial charge on any atom is 0.417 e. The Labute approximate surface area is 212 Å². The number of halogens is 4. The Morgan fingerprint density at radius 2 is 1.97 bits per heavy atom. The highest BCUT2D eigenvalue weighted by Gasteiger charge is 2.35. The van der Waals surface area contributed by atoms with Crippen LogP contribution in [0.2, 0.25) is 5.02 Å². The molecule has 0 radical (unpaired) electrons. The van der Waals surface area contributed by atoms with Gasteiger partial charge in [-0.1, -0.05) is 17.7 Å². The standard InChI is InChI=1S/C20H18ClF3N3O6PS2/c1-10-14-7-13(33-5-4-25)8-16(21)17(14)35-19(10)36(31,32)27-18(34(28,29)30)11-2-3-12(9-26)15(6-11)20(22,23)24/h2-3,6-8,18,27H,4-5,25H2,1H3,(H2,28,29,30)/p-1. The van der Waals surface area contributed by atoms with Gasteiger partial charge < -0.3 is 24.8 Å². The van der Waals surface area contributed by atoms with Crippen molar-refractivity contribution >= 4 is 50.6 Å². The lowest BCUT2D eigenvalue weighted by atomic mass is 10.0. The Hall–Kier alpha value is -2.21. The second-order valence-electron chi connectivity index (χ2n) is 7.48. The zero-order chi connectivity index (χ0) is 27.1. The van der Waals surface area contributed by atoms with Crippen molar-refractivity contribution in [3.05, 3.63) is 57.6 Å². The van der Waals surface area contributed by atoms with Crippen LogP contribution in [0, 0.1) is 18.3 Å². The van der Waals surface area contributed by atoms with E-state index >= 15 is 0 Å². The first-order valence-corrected chi connectivity index (χ1v) is 14.2. The summed E-state index contributed by atoms with van der Waals surface area (Å²) >= 11 is 6.95. The van der Waals surface area contributed by atoms with Gasteiger partial charge in [0.25, 0.3) is 10.0 Å². The van der Waals surface area contributed by atoms with Crippen molar-refractivity contribution in [2.24, 2.45) is 0 Å². The van der Waals surface area contributed by atoms with E-state index in [2.05, 4.69) is 5.73 Å². The number of thiophene rings is 1. The molecule has 3 aromatic rings. The van der Waals surface area contributed by atoms with Crippen molar-refractivity contribution in [2.45, 2.75) is 23.1 Å². The molecule has 194 valence electrons. The number of aryl methyl sites for hydroxylation is 1. The molecule has 0 bridgehead atoms. The molecule has 0 aliphatic carbocycles. The van der Waals surface area contributed by atoms with Gasteiger partial charge in [-0.3, -0.25) is 0 Å². The summed E-state index contributed by atoms with van der Waals surface area (Å²) in [5, 5.41) is 9.47. The monoisotopic (exact) mass is 582 g/mol.